The molecule has 30 heavy (non-hydrogen) atoms. The Morgan fingerprint density at radius 2 is 1.77 bits per heavy atom. The lowest BCUT2D eigenvalue weighted by atomic mass is 9.87. The number of fused-ring (bicyclic) bond motifs is 1. The Balaban J connectivity index is 1.93. The third-order valence-corrected chi connectivity index (χ3v) is 5.48. The predicted molar refractivity (Wildman–Crippen MR) is 119 cm³/mol. The molecule has 0 N–H and O–H groups in total. The molecule has 1 aliphatic rings. The number of carbonyl (C=O) groups excluding carboxylic acids is 1. The Labute approximate surface area is 176 Å². The molecule has 0 aliphatic heterocycles. The minimum Gasteiger partial charge on any atom is -0.497 e. The predicted octanol–water partition coefficient (Wildman–Crippen LogP) is 5.61. The highest BCUT2D eigenvalue weighted by Crippen LogP contribution is 2.38. The fraction of sp³-hybridized carbons (Fsp3) is 0.192. The summed E-state index contributed by atoms with van der Waals surface area (Å²) in [6.07, 6.45) is 6.42. The molecule has 0 heterocycles. The lowest BCUT2D eigenvalue weighted by molar-refractivity contribution is 0.103. The van der Waals surface area contributed by atoms with Crippen LogP contribution in [0.1, 0.15) is 16.8 Å². The van der Waals surface area contributed by atoms with Crippen LogP contribution in [-0.2, 0) is 4.74 Å². The van der Waals surface area contributed by atoms with E-state index < -0.39 is 0 Å². The maximum absolute atomic E-state index is 13.7. The number of hydrogen-bond donors (Lipinski definition) is 0. The zero-order chi connectivity index (χ0) is 21.1. The second kappa shape index (κ2) is 8.56. The van der Waals surface area contributed by atoms with Crippen molar-refractivity contribution < 1.29 is 19.0 Å². The highest BCUT2D eigenvalue weighted by Gasteiger charge is 2.22. The first-order valence-electron chi connectivity index (χ1n) is 9.86. The van der Waals surface area contributed by atoms with Crippen molar-refractivity contribution >= 4 is 16.6 Å². The summed E-state index contributed by atoms with van der Waals surface area (Å²) in [6.45, 7) is 0. The number of para-hydroxylation sites is 1. The van der Waals surface area contributed by atoms with Crippen LogP contribution >= 0.6 is 0 Å². The first kappa shape index (κ1) is 19.9. The third kappa shape index (κ3) is 3.62. The second-order valence-corrected chi connectivity index (χ2v) is 7.13. The number of ether oxygens (including phenoxy) is 3. The number of carbonyl (C=O) groups is 1. The molecule has 0 bridgehead atoms. The molecule has 3 aromatic carbocycles. The van der Waals surface area contributed by atoms with Gasteiger partial charge in [-0.1, -0.05) is 48.6 Å². The first-order valence-corrected chi connectivity index (χ1v) is 9.86. The van der Waals surface area contributed by atoms with E-state index in [0.717, 1.165) is 33.4 Å². The lowest BCUT2D eigenvalue weighted by Gasteiger charge is -2.18. The molecule has 0 radical (unpaired) electrons. The van der Waals surface area contributed by atoms with Gasteiger partial charge >= 0.3 is 0 Å². The molecule has 152 valence electrons. The first-order chi connectivity index (χ1) is 14.7. The van der Waals surface area contributed by atoms with E-state index in [-0.39, 0.29) is 11.9 Å². The quantitative estimate of drug-likeness (QED) is 0.505. The van der Waals surface area contributed by atoms with Gasteiger partial charge in [0.15, 0.2) is 5.78 Å². The summed E-state index contributed by atoms with van der Waals surface area (Å²) in [5, 5.41) is 1.83. The molecule has 0 amide bonds. The molecular formula is C26H24O4. The van der Waals surface area contributed by atoms with Crippen LogP contribution < -0.4 is 9.47 Å². The van der Waals surface area contributed by atoms with Gasteiger partial charge in [-0.05, 0) is 47.0 Å². The molecule has 1 aliphatic carbocycles. The SMILES string of the molecule is COc1ccc2c(C(=O)C3=CCC(OC)C=C3)c(-c3ccccc3OC)ccc2c1. The Morgan fingerprint density at radius 1 is 0.933 bits per heavy atom. The molecule has 4 nitrogen and oxygen atoms in total. The molecule has 1 atom stereocenters. The standard InChI is InChI=1S/C26H24O4/c1-28-19-11-8-17(9-12-19)26(27)25-21-15-13-20(29-2)16-18(21)10-14-23(25)22-6-4-5-7-24(22)30-3/h4-11,13-16,19H,12H2,1-3H3. The Morgan fingerprint density at radius 3 is 2.47 bits per heavy atom. The van der Waals surface area contributed by atoms with Gasteiger partial charge in [0, 0.05) is 23.8 Å². The number of Topliss-reactive ketones (excluding diaryl/α,β-unsaturated/α-hetero) is 1. The van der Waals surface area contributed by atoms with Gasteiger partial charge in [0.25, 0.3) is 0 Å². The maximum Gasteiger partial charge on any atom is 0.193 e. The van der Waals surface area contributed by atoms with Crippen LogP contribution in [-0.4, -0.2) is 33.2 Å². The van der Waals surface area contributed by atoms with Crippen LogP contribution in [0.15, 0.2) is 78.4 Å². The smallest absolute Gasteiger partial charge is 0.193 e. The fourth-order valence-electron chi connectivity index (χ4n) is 3.86. The molecule has 4 heteroatoms. The van der Waals surface area contributed by atoms with Crippen molar-refractivity contribution in [1.82, 2.24) is 0 Å². The molecule has 0 spiro atoms. The van der Waals surface area contributed by atoms with E-state index in [0.29, 0.717) is 17.6 Å². The van der Waals surface area contributed by atoms with Gasteiger partial charge in [-0.2, -0.15) is 0 Å². The van der Waals surface area contributed by atoms with E-state index in [2.05, 4.69) is 0 Å². The van der Waals surface area contributed by atoms with Gasteiger partial charge in [-0.3, -0.25) is 4.79 Å². The average molecular weight is 400 g/mol. The maximum atomic E-state index is 13.7. The molecule has 0 fully saturated rings. The summed E-state index contributed by atoms with van der Waals surface area (Å²) in [7, 11) is 4.96. The molecule has 0 saturated heterocycles. The Kier molecular flexibility index (Phi) is 5.68. The molecule has 3 aromatic rings. The van der Waals surface area contributed by atoms with E-state index in [1.165, 1.54) is 0 Å². The minimum absolute atomic E-state index is 0.00650. The highest BCUT2D eigenvalue weighted by atomic mass is 16.5. The van der Waals surface area contributed by atoms with Crippen molar-refractivity contribution in [2.75, 3.05) is 21.3 Å². The van der Waals surface area contributed by atoms with Crippen molar-refractivity contribution in [2.45, 2.75) is 12.5 Å². The minimum atomic E-state index is -0.0162. The number of allylic oxidation sites excluding steroid dienone is 2. The van der Waals surface area contributed by atoms with Crippen molar-refractivity contribution in [3.05, 3.63) is 84.0 Å². The number of benzene rings is 3. The van der Waals surface area contributed by atoms with Gasteiger partial charge in [0.05, 0.1) is 20.3 Å². The van der Waals surface area contributed by atoms with E-state index in [4.69, 9.17) is 14.2 Å². The summed E-state index contributed by atoms with van der Waals surface area (Å²) in [5.41, 5.74) is 3.06. The molecule has 4 rings (SSSR count). The van der Waals surface area contributed by atoms with Crippen LogP contribution in [0, 0.1) is 0 Å². The average Bonchev–Trinajstić information content (AvgIpc) is 2.82. The molecule has 0 saturated carbocycles. The Hall–Kier alpha value is -3.37. The number of methoxy groups -OCH3 is 3. The van der Waals surface area contributed by atoms with Gasteiger partial charge in [0.1, 0.15) is 11.5 Å². The summed E-state index contributed by atoms with van der Waals surface area (Å²) < 4.78 is 16.3. The molecule has 1 unspecified atom stereocenters. The third-order valence-electron chi connectivity index (χ3n) is 5.48. The van der Waals surface area contributed by atoms with Crippen molar-refractivity contribution in [2.24, 2.45) is 0 Å². The number of ketones is 1. The van der Waals surface area contributed by atoms with Crippen molar-refractivity contribution in [1.29, 1.82) is 0 Å². The lowest BCUT2D eigenvalue weighted by Crippen LogP contribution is -2.13. The van der Waals surface area contributed by atoms with Crippen LogP contribution in [0.3, 0.4) is 0 Å². The van der Waals surface area contributed by atoms with E-state index in [1.54, 1.807) is 21.3 Å². The number of rotatable bonds is 6. The van der Waals surface area contributed by atoms with Gasteiger partial charge in [-0.25, -0.2) is 0 Å². The van der Waals surface area contributed by atoms with Gasteiger partial charge < -0.3 is 14.2 Å². The molecular weight excluding hydrogens is 376 g/mol. The van der Waals surface area contributed by atoms with Gasteiger partial charge in [-0.15, -0.1) is 0 Å². The van der Waals surface area contributed by atoms with Crippen LogP contribution in [0.5, 0.6) is 11.5 Å². The summed E-state index contributed by atoms with van der Waals surface area (Å²) in [5.74, 6) is 1.47. The van der Waals surface area contributed by atoms with Crippen molar-refractivity contribution in [3.63, 3.8) is 0 Å². The zero-order valence-corrected chi connectivity index (χ0v) is 17.3. The normalized spacial score (nSPS) is 15.7. The van der Waals surface area contributed by atoms with Gasteiger partial charge in [0.2, 0.25) is 0 Å². The topological polar surface area (TPSA) is 44.8 Å². The second-order valence-electron chi connectivity index (χ2n) is 7.13. The van der Waals surface area contributed by atoms with E-state index in [1.807, 2.05) is 72.8 Å². The summed E-state index contributed by atoms with van der Waals surface area (Å²) in [6, 6.07) is 17.5. The van der Waals surface area contributed by atoms with E-state index in [9.17, 15) is 4.79 Å². The highest BCUT2D eigenvalue weighted by molar-refractivity contribution is 6.21. The van der Waals surface area contributed by atoms with Crippen molar-refractivity contribution in [3.8, 4) is 22.6 Å². The van der Waals surface area contributed by atoms with Crippen LogP contribution in [0.4, 0.5) is 0 Å². The Bertz CT molecular complexity index is 1160. The summed E-state index contributed by atoms with van der Waals surface area (Å²) in [4.78, 5) is 13.7. The monoisotopic (exact) mass is 400 g/mol. The van der Waals surface area contributed by atoms with E-state index >= 15 is 0 Å². The largest absolute Gasteiger partial charge is 0.497 e. The molecule has 0 aromatic heterocycles. The zero-order valence-electron chi connectivity index (χ0n) is 17.3. The fourth-order valence-corrected chi connectivity index (χ4v) is 3.86. The van der Waals surface area contributed by atoms with Crippen LogP contribution in [0.25, 0.3) is 21.9 Å². The summed E-state index contributed by atoms with van der Waals surface area (Å²) >= 11 is 0. The van der Waals surface area contributed by atoms with Crippen LogP contribution in [0.2, 0.25) is 0 Å². The number of hydrogen-bond acceptors (Lipinski definition) is 4.